The summed E-state index contributed by atoms with van der Waals surface area (Å²) in [4.78, 5) is 1.53. The highest BCUT2D eigenvalue weighted by Gasteiger charge is 2.13. The van der Waals surface area contributed by atoms with E-state index < -0.39 is 0 Å². The smallest absolute Gasteiger partial charge is 0.138 e. The molecule has 1 N–H and O–H groups in total. The van der Waals surface area contributed by atoms with Gasteiger partial charge in [0, 0.05) is 4.47 Å². The van der Waals surface area contributed by atoms with Crippen LogP contribution >= 0.6 is 27.5 Å². The zero-order chi connectivity index (χ0) is 12.1. The van der Waals surface area contributed by atoms with Crippen molar-refractivity contribution in [2.75, 3.05) is 39.5 Å². The van der Waals surface area contributed by atoms with Crippen LogP contribution in [0.4, 0.5) is 0 Å². The van der Waals surface area contributed by atoms with Crippen molar-refractivity contribution in [3.05, 3.63) is 27.7 Å². The molecule has 1 aliphatic rings. The van der Waals surface area contributed by atoms with Crippen molar-refractivity contribution in [2.45, 2.75) is 0 Å². The lowest BCUT2D eigenvalue weighted by Gasteiger charge is -2.23. The summed E-state index contributed by atoms with van der Waals surface area (Å²) in [5.41, 5.74) is 0. The lowest BCUT2D eigenvalue weighted by molar-refractivity contribution is -0.908. The number of hydrogen-bond donors (Lipinski definition) is 1. The van der Waals surface area contributed by atoms with Crippen LogP contribution in [0.2, 0.25) is 5.02 Å². The zero-order valence-electron chi connectivity index (χ0n) is 9.55. The quantitative estimate of drug-likeness (QED) is 0.906. The van der Waals surface area contributed by atoms with E-state index in [-0.39, 0.29) is 0 Å². The van der Waals surface area contributed by atoms with Gasteiger partial charge in [0.1, 0.15) is 32.0 Å². The Morgan fingerprint density at radius 1 is 1.35 bits per heavy atom. The molecule has 0 aromatic heterocycles. The average molecular weight is 322 g/mol. The van der Waals surface area contributed by atoms with Gasteiger partial charge in [-0.1, -0.05) is 27.5 Å². The van der Waals surface area contributed by atoms with Gasteiger partial charge in [-0.15, -0.1) is 0 Å². The maximum Gasteiger partial charge on any atom is 0.138 e. The Hall–Kier alpha value is -0.290. The molecule has 1 aromatic carbocycles. The van der Waals surface area contributed by atoms with Crippen molar-refractivity contribution in [1.82, 2.24) is 0 Å². The third kappa shape index (κ3) is 4.14. The van der Waals surface area contributed by atoms with Crippen LogP contribution in [0.25, 0.3) is 0 Å². The first kappa shape index (κ1) is 13.1. The SMILES string of the molecule is Clc1cc(Br)ccc1OCC[NH+]1CCOCC1. The second kappa shape index (κ2) is 6.59. The number of hydrogen-bond acceptors (Lipinski definition) is 2. The Balaban J connectivity index is 1.77. The van der Waals surface area contributed by atoms with Crippen LogP contribution < -0.4 is 9.64 Å². The summed E-state index contributed by atoms with van der Waals surface area (Å²) < 4.78 is 12.0. The van der Waals surface area contributed by atoms with Gasteiger partial charge in [0.15, 0.2) is 0 Å². The molecular weight excluding hydrogens is 305 g/mol. The Labute approximate surface area is 115 Å². The second-order valence-electron chi connectivity index (χ2n) is 4.04. The third-order valence-electron chi connectivity index (χ3n) is 2.81. The van der Waals surface area contributed by atoms with Crippen LogP contribution in [-0.4, -0.2) is 39.5 Å². The van der Waals surface area contributed by atoms with Crippen LogP contribution in [0.3, 0.4) is 0 Å². The Morgan fingerprint density at radius 3 is 2.82 bits per heavy atom. The highest BCUT2D eigenvalue weighted by Crippen LogP contribution is 2.27. The first-order valence-electron chi connectivity index (χ1n) is 5.75. The van der Waals surface area contributed by atoms with E-state index in [1.165, 1.54) is 4.90 Å². The number of quaternary nitrogens is 1. The van der Waals surface area contributed by atoms with Crippen molar-refractivity contribution in [1.29, 1.82) is 0 Å². The Morgan fingerprint density at radius 2 is 2.12 bits per heavy atom. The molecule has 94 valence electrons. The maximum atomic E-state index is 6.07. The molecule has 0 saturated carbocycles. The molecule has 0 atom stereocenters. The van der Waals surface area contributed by atoms with E-state index in [0.29, 0.717) is 11.6 Å². The molecule has 0 bridgehead atoms. The highest BCUT2D eigenvalue weighted by molar-refractivity contribution is 9.10. The predicted octanol–water partition coefficient (Wildman–Crippen LogP) is 1.40. The van der Waals surface area contributed by atoms with E-state index in [2.05, 4.69) is 15.9 Å². The first-order valence-corrected chi connectivity index (χ1v) is 6.92. The van der Waals surface area contributed by atoms with Gasteiger partial charge in [-0.3, -0.25) is 0 Å². The standard InChI is InChI=1S/C12H15BrClNO2/c13-10-1-2-12(11(14)9-10)17-8-5-15-3-6-16-7-4-15/h1-2,9H,3-8H2/p+1. The molecule has 5 heteroatoms. The monoisotopic (exact) mass is 320 g/mol. The van der Waals surface area contributed by atoms with Gasteiger partial charge in [0.05, 0.1) is 18.2 Å². The van der Waals surface area contributed by atoms with Crippen molar-refractivity contribution in [3.63, 3.8) is 0 Å². The highest BCUT2D eigenvalue weighted by atomic mass is 79.9. The van der Waals surface area contributed by atoms with E-state index >= 15 is 0 Å². The molecule has 0 unspecified atom stereocenters. The number of halogens is 2. The molecular formula is C12H16BrClNO2+. The Kier molecular flexibility index (Phi) is 5.10. The van der Waals surface area contributed by atoms with Gasteiger partial charge in [-0.2, -0.15) is 0 Å². The van der Waals surface area contributed by atoms with E-state index in [1.54, 1.807) is 0 Å². The molecule has 3 nitrogen and oxygen atoms in total. The molecule has 1 fully saturated rings. The van der Waals surface area contributed by atoms with Crippen molar-refractivity contribution >= 4 is 27.5 Å². The van der Waals surface area contributed by atoms with Crippen molar-refractivity contribution in [3.8, 4) is 5.75 Å². The minimum absolute atomic E-state index is 0.649. The molecule has 1 aliphatic heterocycles. The molecule has 0 spiro atoms. The van der Waals surface area contributed by atoms with Gasteiger partial charge < -0.3 is 14.4 Å². The molecule has 0 aliphatic carbocycles. The van der Waals surface area contributed by atoms with Crippen molar-refractivity contribution in [2.24, 2.45) is 0 Å². The molecule has 1 saturated heterocycles. The van der Waals surface area contributed by atoms with E-state index in [0.717, 1.165) is 43.1 Å². The summed E-state index contributed by atoms with van der Waals surface area (Å²) in [5, 5.41) is 0.649. The molecule has 0 amide bonds. The summed E-state index contributed by atoms with van der Waals surface area (Å²) in [6, 6.07) is 5.67. The summed E-state index contributed by atoms with van der Waals surface area (Å²) >= 11 is 9.44. The van der Waals surface area contributed by atoms with Gasteiger partial charge in [0.2, 0.25) is 0 Å². The number of benzene rings is 1. The summed E-state index contributed by atoms with van der Waals surface area (Å²) in [6.07, 6.45) is 0. The van der Waals surface area contributed by atoms with Gasteiger partial charge in [0.25, 0.3) is 0 Å². The lowest BCUT2D eigenvalue weighted by Crippen LogP contribution is -3.14. The second-order valence-corrected chi connectivity index (χ2v) is 5.36. The summed E-state index contributed by atoms with van der Waals surface area (Å²) in [5.74, 6) is 0.752. The lowest BCUT2D eigenvalue weighted by atomic mass is 10.3. The minimum atomic E-state index is 0.649. The predicted molar refractivity (Wildman–Crippen MR) is 71.0 cm³/mol. The molecule has 2 rings (SSSR count). The van der Waals surface area contributed by atoms with E-state index in [1.807, 2.05) is 18.2 Å². The van der Waals surface area contributed by atoms with Gasteiger partial charge >= 0.3 is 0 Å². The van der Waals surface area contributed by atoms with Crippen LogP contribution in [0, 0.1) is 0 Å². The maximum absolute atomic E-state index is 6.07. The van der Waals surface area contributed by atoms with E-state index in [4.69, 9.17) is 21.1 Å². The molecule has 0 radical (unpaired) electrons. The normalized spacial score (nSPS) is 17.1. The number of ether oxygens (including phenoxy) is 2. The number of rotatable bonds is 4. The largest absolute Gasteiger partial charge is 0.486 e. The number of morpholine rings is 1. The fourth-order valence-electron chi connectivity index (χ4n) is 1.81. The molecule has 1 heterocycles. The number of nitrogens with one attached hydrogen (secondary N) is 1. The van der Waals surface area contributed by atoms with Gasteiger partial charge in [-0.05, 0) is 18.2 Å². The third-order valence-corrected chi connectivity index (χ3v) is 3.60. The first-order chi connectivity index (χ1) is 8.25. The summed E-state index contributed by atoms with van der Waals surface area (Å²) in [6.45, 7) is 5.53. The fraction of sp³-hybridized carbons (Fsp3) is 0.500. The summed E-state index contributed by atoms with van der Waals surface area (Å²) in [7, 11) is 0. The fourth-order valence-corrected chi connectivity index (χ4v) is 2.54. The molecule has 17 heavy (non-hydrogen) atoms. The zero-order valence-corrected chi connectivity index (χ0v) is 11.9. The van der Waals surface area contributed by atoms with Crippen LogP contribution in [0.1, 0.15) is 0 Å². The molecule has 1 aromatic rings. The average Bonchev–Trinajstić information content (AvgIpc) is 2.33. The van der Waals surface area contributed by atoms with E-state index in [9.17, 15) is 0 Å². The van der Waals surface area contributed by atoms with Crippen LogP contribution in [-0.2, 0) is 4.74 Å². The van der Waals surface area contributed by atoms with Crippen LogP contribution in [0.15, 0.2) is 22.7 Å². The minimum Gasteiger partial charge on any atom is -0.486 e. The Bertz CT molecular complexity index is 370. The topological polar surface area (TPSA) is 22.9 Å². The van der Waals surface area contributed by atoms with Crippen molar-refractivity contribution < 1.29 is 14.4 Å². The van der Waals surface area contributed by atoms with Gasteiger partial charge in [-0.25, -0.2) is 0 Å². The van der Waals surface area contributed by atoms with Crippen LogP contribution in [0.5, 0.6) is 5.75 Å².